The quantitative estimate of drug-likeness (QED) is 0.416. The highest BCUT2D eigenvalue weighted by Gasteiger charge is 2.21. The van der Waals surface area contributed by atoms with Gasteiger partial charge >= 0.3 is 0 Å². The lowest BCUT2D eigenvalue weighted by atomic mass is 10.2. The number of rotatable bonds is 5. The van der Waals surface area contributed by atoms with Crippen LogP contribution in [0.25, 0.3) is 0 Å². The van der Waals surface area contributed by atoms with Gasteiger partial charge in [0.05, 0.1) is 6.10 Å². The summed E-state index contributed by atoms with van der Waals surface area (Å²) in [5.41, 5.74) is 0. The van der Waals surface area contributed by atoms with Crippen LogP contribution >= 0.6 is 35.7 Å². The van der Waals surface area contributed by atoms with Crippen molar-refractivity contribution in [1.82, 2.24) is 10.2 Å². The van der Waals surface area contributed by atoms with Crippen LogP contribution < -0.4 is 5.32 Å². The minimum Gasteiger partial charge on any atom is -0.378 e. The topological polar surface area (TPSA) is 36.9 Å². The molecule has 0 aromatic heterocycles. The molecule has 21 heavy (non-hydrogen) atoms. The average Bonchev–Trinajstić information content (AvgIpc) is 3.00. The smallest absolute Gasteiger partial charge is 0.193 e. The molecule has 6 heteroatoms. The normalized spacial score (nSPS) is 26.6. The Morgan fingerprint density at radius 2 is 2.29 bits per heavy atom. The summed E-state index contributed by atoms with van der Waals surface area (Å²) in [6.45, 7) is 9.44. The average molecular weight is 427 g/mol. The SMILES string of the molecule is CCNC(=NCCC1CCCO1)N1CCSC(CC)C1.I. The van der Waals surface area contributed by atoms with Crippen molar-refractivity contribution in [1.29, 1.82) is 0 Å². The maximum atomic E-state index is 5.67. The number of hydrogen-bond donors (Lipinski definition) is 1. The Balaban J connectivity index is 0.00000220. The van der Waals surface area contributed by atoms with E-state index in [1.807, 2.05) is 0 Å². The molecule has 2 atom stereocenters. The van der Waals surface area contributed by atoms with Crippen molar-refractivity contribution in [2.75, 3.05) is 38.5 Å². The van der Waals surface area contributed by atoms with Gasteiger partial charge in [0.25, 0.3) is 0 Å². The summed E-state index contributed by atoms with van der Waals surface area (Å²) in [7, 11) is 0. The van der Waals surface area contributed by atoms with Crippen molar-refractivity contribution in [3.63, 3.8) is 0 Å². The van der Waals surface area contributed by atoms with Crippen LogP contribution in [-0.2, 0) is 4.74 Å². The van der Waals surface area contributed by atoms with Crippen LogP contribution in [0.3, 0.4) is 0 Å². The molecule has 2 aliphatic rings. The molecule has 2 heterocycles. The summed E-state index contributed by atoms with van der Waals surface area (Å²) in [5, 5.41) is 4.20. The van der Waals surface area contributed by atoms with Crippen LogP contribution in [0.1, 0.15) is 39.5 Å². The first-order valence-corrected chi connectivity index (χ1v) is 9.14. The zero-order valence-corrected chi connectivity index (χ0v) is 16.5. The number of nitrogens with one attached hydrogen (secondary N) is 1. The first-order valence-electron chi connectivity index (χ1n) is 8.10. The van der Waals surface area contributed by atoms with Crippen molar-refractivity contribution in [3.8, 4) is 0 Å². The van der Waals surface area contributed by atoms with Gasteiger partial charge in [-0.3, -0.25) is 4.99 Å². The van der Waals surface area contributed by atoms with Gasteiger partial charge in [0, 0.05) is 43.8 Å². The number of ether oxygens (including phenoxy) is 1. The predicted molar refractivity (Wildman–Crippen MR) is 103 cm³/mol. The molecule has 0 aromatic carbocycles. The number of halogens is 1. The third-order valence-electron chi connectivity index (χ3n) is 3.97. The molecule has 0 saturated carbocycles. The van der Waals surface area contributed by atoms with Gasteiger partial charge in [-0.05, 0) is 32.6 Å². The van der Waals surface area contributed by atoms with Crippen molar-refractivity contribution in [2.45, 2.75) is 50.9 Å². The Morgan fingerprint density at radius 3 is 2.95 bits per heavy atom. The van der Waals surface area contributed by atoms with Crippen LogP contribution in [0.4, 0.5) is 0 Å². The van der Waals surface area contributed by atoms with E-state index >= 15 is 0 Å². The first-order chi connectivity index (χ1) is 9.83. The monoisotopic (exact) mass is 427 g/mol. The summed E-state index contributed by atoms with van der Waals surface area (Å²) in [6, 6.07) is 0. The fourth-order valence-corrected chi connectivity index (χ4v) is 3.95. The summed E-state index contributed by atoms with van der Waals surface area (Å²) < 4.78 is 5.67. The van der Waals surface area contributed by atoms with E-state index in [2.05, 4.69) is 35.8 Å². The first kappa shape index (κ1) is 19.4. The molecule has 0 spiro atoms. The largest absolute Gasteiger partial charge is 0.378 e. The summed E-state index contributed by atoms with van der Waals surface area (Å²) >= 11 is 2.10. The Labute approximate surface area is 150 Å². The maximum Gasteiger partial charge on any atom is 0.193 e. The molecule has 2 saturated heterocycles. The van der Waals surface area contributed by atoms with Gasteiger partial charge in [-0.15, -0.1) is 24.0 Å². The maximum absolute atomic E-state index is 5.67. The van der Waals surface area contributed by atoms with Crippen LogP contribution in [0.5, 0.6) is 0 Å². The molecule has 0 aliphatic carbocycles. The second-order valence-electron chi connectivity index (χ2n) is 5.51. The molecule has 1 N–H and O–H groups in total. The lowest BCUT2D eigenvalue weighted by Crippen LogP contribution is -2.48. The van der Waals surface area contributed by atoms with E-state index in [0.29, 0.717) is 6.10 Å². The Hall–Kier alpha value is 0.310. The number of nitrogens with zero attached hydrogens (tertiary/aromatic N) is 2. The van der Waals surface area contributed by atoms with Gasteiger partial charge in [-0.25, -0.2) is 0 Å². The minimum absolute atomic E-state index is 0. The van der Waals surface area contributed by atoms with Crippen molar-refractivity contribution >= 4 is 41.7 Å². The third kappa shape index (κ3) is 6.52. The summed E-state index contributed by atoms with van der Waals surface area (Å²) in [4.78, 5) is 7.25. The van der Waals surface area contributed by atoms with E-state index in [1.165, 1.54) is 25.0 Å². The zero-order valence-electron chi connectivity index (χ0n) is 13.3. The minimum atomic E-state index is 0. The fraction of sp³-hybridized carbons (Fsp3) is 0.933. The molecular weight excluding hydrogens is 397 g/mol. The highest BCUT2D eigenvalue weighted by atomic mass is 127. The fourth-order valence-electron chi connectivity index (χ4n) is 2.77. The highest BCUT2D eigenvalue weighted by Crippen LogP contribution is 2.21. The molecule has 0 bridgehead atoms. The van der Waals surface area contributed by atoms with Crippen molar-refractivity contribution in [2.24, 2.45) is 4.99 Å². The molecule has 124 valence electrons. The van der Waals surface area contributed by atoms with E-state index in [4.69, 9.17) is 9.73 Å². The van der Waals surface area contributed by atoms with Gasteiger partial charge in [0.15, 0.2) is 5.96 Å². The van der Waals surface area contributed by atoms with Gasteiger partial charge < -0.3 is 15.0 Å². The number of guanidine groups is 1. The lowest BCUT2D eigenvalue weighted by molar-refractivity contribution is 0.106. The molecule has 2 aliphatic heterocycles. The van der Waals surface area contributed by atoms with Crippen LogP contribution in [0.15, 0.2) is 4.99 Å². The predicted octanol–water partition coefficient (Wildman–Crippen LogP) is 2.97. The Bertz CT molecular complexity index is 311. The van der Waals surface area contributed by atoms with E-state index in [1.54, 1.807) is 0 Å². The van der Waals surface area contributed by atoms with E-state index in [-0.39, 0.29) is 24.0 Å². The zero-order chi connectivity index (χ0) is 14.2. The summed E-state index contributed by atoms with van der Waals surface area (Å²) in [6.07, 6.45) is 5.19. The molecule has 4 nitrogen and oxygen atoms in total. The van der Waals surface area contributed by atoms with Crippen LogP contribution in [-0.4, -0.2) is 60.8 Å². The van der Waals surface area contributed by atoms with Crippen LogP contribution in [0.2, 0.25) is 0 Å². The van der Waals surface area contributed by atoms with Gasteiger partial charge in [-0.2, -0.15) is 11.8 Å². The highest BCUT2D eigenvalue weighted by molar-refractivity contribution is 14.0. The van der Waals surface area contributed by atoms with E-state index in [9.17, 15) is 0 Å². The Kier molecular flexibility index (Phi) is 10.1. The van der Waals surface area contributed by atoms with E-state index in [0.717, 1.165) is 50.4 Å². The standard InChI is InChI=1S/C15H29N3OS.HI/c1-3-14-12-18(9-11-20-14)15(16-4-2)17-8-7-13-6-5-10-19-13;/h13-14H,3-12H2,1-2H3,(H,16,17);1H. The second kappa shape index (κ2) is 10.9. The molecule has 0 radical (unpaired) electrons. The third-order valence-corrected chi connectivity index (χ3v) is 5.34. The molecule has 2 rings (SSSR count). The van der Waals surface area contributed by atoms with Gasteiger partial charge in [0.1, 0.15) is 0 Å². The Morgan fingerprint density at radius 1 is 1.43 bits per heavy atom. The molecule has 0 amide bonds. The van der Waals surface area contributed by atoms with Crippen molar-refractivity contribution in [3.05, 3.63) is 0 Å². The molecule has 0 aromatic rings. The van der Waals surface area contributed by atoms with Gasteiger partial charge in [0.2, 0.25) is 0 Å². The van der Waals surface area contributed by atoms with E-state index < -0.39 is 0 Å². The lowest BCUT2D eigenvalue weighted by Gasteiger charge is -2.34. The van der Waals surface area contributed by atoms with Crippen molar-refractivity contribution < 1.29 is 4.74 Å². The molecule has 2 fully saturated rings. The molecule has 2 unspecified atom stereocenters. The number of aliphatic imine (C=N–C) groups is 1. The number of hydrogen-bond acceptors (Lipinski definition) is 3. The second-order valence-corrected chi connectivity index (χ2v) is 6.91. The molecular formula is C15H30IN3OS. The number of thioether (sulfide) groups is 1. The summed E-state index contributed by atoms with van der Waals surface area (Å²) in [5.74, 6) is 2.32. The van der Waals surface area contributed by atoms with Gasteiger partial charge in [-0.1, -0.05) is 6.92 Å². The van der Waals surface area contributed by atoms with Crippen LogP contribution in [0, 0.1) is 0 Å².